The lowest BCUT2D eigenvalue weighted by atomic mass is 10.0. The Morgan fingerprint density at radius 3 is 2.53 bits per heavy atom. The molecule has 6 heteroatoms. The van der Waals surface area contributed by atoms with Crippen molar-refractivity contribution in [2.24, 2.45) is 11.7 Å². The van der Waals surface area contributed by atoms with Gasteiger partial charge in [0.1, 0.15) is 5.75 Å². The second-order valence-electron chi connectivity index (χ2n) is 4.13. The minimum Gasteiger partial charge on any atom is -0.508 e. The third-order valence-corrected chi connectivity index (χ3v) is 3.44. The highest BCUT2D eigenvalue weighted by atomic mass is 32.2. The quantitative estimate of drug-likeness (QED) is 0.821. The molecule has 17 heavy (non-hydrogen) atoms. The minimum absolute atomic E-state index is 0.0316. The number of aromatic hydroxyl groups is 1. The number of rotatable bonds is 3. The summed E-state index contributed by atoms with van der Waals surface area (Å²) < 4.78 is 36.6. The largest absolute Gasteiger partial charge is 0.508 e. The summed E-state index contributed by atoms with van der Waals surface area (Å²) in [5.74, 6) is 0.253. The van der Waals surface area contributed by atoms with Gasteiger partial charge in [0.2, 0.25) is 0 Å². The van der Waals surface area contributed by atoms with Crippen LogP contribution in [0.15, 0.2) is 23.1 Å². The van der Waals surface area contributed by atoms with Crippen molar-refractivity contribution in [1.29, 1.82) is 0 Å². The number of phenols is 1. The predicted octanol–water partition coefficient (Wildman–Crippen LogP) is 3.41. The normalized spacial score (nSPS) is 18.1. The molecular formula is C11H12F3NOS. The molecule has 0 aliphatic heterocycles. The molecule has 0 heterocycles. The molecule has 1 aliphatic rings. The Bertz CT molecular complexity index is 418. The molecular weight excluding hydrogens is 251 g/mol. The predicted molar refractivity (Wildman–Crippen MR) is 59.7 cm³/mol. The van der Waals surface area contributed by atoms with Crippen LogP contribution in [0, 0.1) is 5.92 Å². The topological polar surface area (TPSA) is 46.2 Å². The summed E-state index contributed by atoms with van der Waals surface area (Å²) in [6, 6.07) is 3.47. The van der Waals surface area contributed by atoms with Crippen LogP contribution in [0.5, 0.6) is 5.75 Å². The van der Waals surface area contributed by atoms with Crippen LogP contribution in [0.4, 0.5) is 13.2 Å². The molecule has 1 aliphatic carbocycles. The third-order valence-electron chi connectivity index (χ3n) is 2.72. The zero-order valence-corrected chi connectivity index (χ0v) is 9.68. The van der Waals surface area contributed by atoms with E-state index in [4.69, 9.17) is 5.73 Å². The summed E-state index contributed by atoms with van der Waals surface area (Å²) in [6.45, 7) is 0. The van der Waals surface area contributed by atoms with Gasteiger partial charge in [0.15, 0.2) is 0 Å². The fourth-order valence-corrected chi connectivity index (χ4v) is 2.30. The molecule has 0 aromatic heterocycles. The van der Waals surface area contributed by atoms with E-state index >= 15 is 0 Å². The maximum Gasteiger partial charge on any atom is 0.446 e. The first-order valence-electron chi connectivity index (χ1n) is 5.21. The van der Waals surface area contributed by atoms with Crippen LogP contribution in [0.25, 0.3) is 0 Å². The van der Waals surface area contributed by atoms with Crippen LogP contribution in [0.3, 0.4) is 0 Å². The lowest BCUT2D eigenvalue weighted by molar-refractivity contribution is -0.0328. The van der Waals surface area contributed by atoms with E-state index in [1.54, 1.807) is 0 Å². The van der Waals surface area contributed by atoms with Gasteiger partial charge in [0, 0.05) is 16.5 Å². The Hall–Kier alpha value is -0.880. The molecule has 1 saturated carbocycles. The highest BCUT2D eigenvalue weighted by Gasteiger charge is 2.33. The number of benzene rings is 1. The maximum absolute atomic E-state index is 12.2. The zero-order chi connectivity index (χ0) is 12.6. The van der Waals surface area contributed by atoms with Crippen molar-refractivity contribution < 1.29 is 18.3 Å². The smallest absolute Gasteiger partial charge is 0.446 e. The Morgan fingerprint density at radius 2 is 2.00 bits per heavy atom. The van der Waals surface area contributed by atoms with Gasteiger partial charge in [-0.2, -0.15) is 13.2 Å². The molecule has 94 valence electrons. The van der Waals surface area contributed by atoms with Crippen LogP contribution < -0.4 is 5.73 Å². The molecule has 1 aromatic rings. The average Bonchev–Trinajstić information content (AvgIpc) is 3.01. The molecule has 0 radical (unpaired) electrons. The van der Waals surface area contributed by atoms with Crippen LogP contribution in [-0.2, 0) is 0 Å². The van der Waals surface area contributed by atoms with E-state index in [1.165, 1.54) is 18.2 Å². The summed E-state index contributed by atoms with van der Waals surface area (Å²) in [5, 5.41) is 9.61. The molecule has 0 amide bonds. The van der Waals surface area contributed by atoms with Crippen molar-refractivity contribution >= 4 is 11.8 Å². The van der Waals surface area contributed by atoms with Gasteiger partial charge in [-0.05, 0) is 48.7 Å². The zero-order valence-electron chi connectivity index (χ0n) is 8.87. The Balaban J connectivity index is 2.22. The molecule has 0 spiro atoms. The van der Waals surface area contributed by atoms with Crippen molar-refractivity contribution in [1.82, 2.24) is 0 Å². The van der Waals surface area contributed by atoms with Gasteiger partial charge in [-0.25, -0.2) is 0 Å². The number of halogens is 3. The Morgan fingerprint density at radius 1 is 1.35 bits per heavy atom. The van der Waals surface area contributed by atoms with Gasteiger partial charge in [-0.15, -0.1) is 0 Å². The number of thioether (sulfide) groups is 1. The molecule has 1 aromatic carbocycles. The van der Waals surface area contributed by atoms with E-state index in [0.29, 0.717) is 5.56 Å². The monoisotopic (exact) mass is 263 g/mol. The fraction of sp³-hybridized carbons (Fsp3) is 0.455. The van der Waals surface area contributed by atoms with E-state index in [9.17, 15) is 18.3 Å². The number of phenolic OH excluding ortho intramolecular Hbond substituents is 1. The van der Waals surface area contributed by atoms with Crippen molar-refractivity contribution in [3.05, 3.63) is 23.8 Å². The molecule has 1 atom stereocenters. The first kappa shape index (κ1) is 12.6. The van der Waals surface area contributed by atoms with Gasteiger partial charge in [0.05, 0.1) is 0 Å². The maximum atomic E-state index is 12.2. The summed E-state index contributed by atoms with van der Waals surface area (Å²) >= 11 is -0.194. The minimum atomic E-state index is -4.32. The second-order valence-corrected chi connectivity index (χ2v) is 5.27. The van der Waals surface area contributed by atoms with Gasteiger partial charge < -0.3 is 10.8 Å². The second kappa shape index (κ2) is 4.42. The van der Waals surface area contributed by atoms with Crippen LogP contribution in [-0.4, -0.2) is 10.6 Å². The highest BCUT2D eigenvalue weighted by Crippen LogP contribution is 2.44. The van der Waals surface area contributed by atoms with Crippen LogP contribution in [0.2, 0.25) is 0 Å². The molecule has 2 rings (SSSR count). The average molecular weight is 263 g/mol. The Kier molecular flexibility index (Phi) is 3.27. The lowest BCUT2D eigenvalue weighted by Crippen LogP contribution is -2.12. The van der Waals surface area contributed by atoms with Gasteiger partial charge >= 0.3 is 5.51 Å². The first-order chi connectivity index (χ1) is 7.87. The number of hydrogen-bond donors (Lipinski definition) is 2. The number of hydrogen-bond acceptors (Lipinski definition) is 3. The van der Waals surface area contributed by atoms with Crippen LogP contribution >= 0.6 is 11.8 Å². The summed E-state index contributed by atoms with van der Waals surface area (Å²) in [6.07, 6.45) is 1.94. The molecule has 0 saturated heterocycles. The molecule has 3 N–H and O–H groups in total. The van der Waals surface area contributed by atoms with Gasteiger partial charge in [-0.3, -0.25) is 0 Å². The number of alkyl halides is 3. The molecule has 1 fully saturated rings. The SMILES string of the molecule is N[C@@H](c1cc(SC(F)(F)F)ccc1O)C1CC1. The van der Waals surface area contributed by atoms with Crippen molar-refractivity contribution in [2.75, 3.05) is 0 Å². The molecule has 0 unspecified atom stereocenters. The van der Waals surface area contributed by atoms with Crippen molar-refractivity contribution in [2.45, 2.75) is 29.3 Å². The van der Waals surface area contributed by atoms with E-state index in [1.807, 2.05) is 0 Å². The van der Waals surface area contributed by atoms with Crippen LogP contribution in [0.1, 0.15) is 24.4 Å². The van der Waals surface area contributed by atoms with Gasteiger partial charge in [-0.1, -0.05) is 0 Å². The molecule has 2 nitrogen and oxygen atoms in total. The van der Waals surface area contributed by atoms with E-state index in [-0.39, 0.29) is 34.4 Å². The summed E-state index contributed by atoms with van der Waals surface area (Å²) in [5.41, 5.74) is 1.97. The summed E-state index contributed by atoms with van der Waals surface area (Å²) in [7, 11) is 0. The standard InChI is InChI=1S/C11H12F3NOS/c12-11(13,14)17-7-3-4-9(16)8(5-7)10(15)6-1-2-6/h3-6,10,16H,1-2,15H2/t10-/m1/s1. The highest BCUT2D eigenvalue weighted by molar-refractivity contribution is 8.00. The van der Waals surface area contributed by atoms with Crippen molar-refractivity contribution in [3.8, 4) is 5.75 Å². The lowest BCUT2D eigenvalue weighted by Gasteiger charge is -2.14. The van der Waals surface area contributed by atoms with E-state index in [0.717, 1.165) is 12.8 Å². The fourth-order valence-electron chi connectivity index (χ4n) is 1.71. The Labute approximate surface area is 101 Å². The first-order valence-corrected chi connectivity index (χ1v) is 6.03. The van der Waals surface area contributed by atoms with E-state index < -0.39 is 5.51 Å². The third kappa shape index (κ3) is 3.29. The van der Waals surface area contributed by atoms with Crippen molar-refractivity contribution in [3.63, 3.8) is 0 Å². The van der Waals surface area contributed by atoms with Gasteiger partial charge in [0.25, 0.3) is 0 Å². The van der Waals surface area contributed by atoms with E-state index in [2.05, 4.69) is 0 Å². The number of nitrogens with two attached hydrogens (primary N) is 1. The molecule has 0 bridgehead atoms. The summed E-state index contributed by atoms with van der Waals surface area (Å²) in [4.78, 5) is 0.0569.